The highest BCUT2D eigenvalue weighted by molar-refractivity contribution is 7.89. The van der Waals surface area contributed by atoms with Crippen molar-refractivity contribution >= 4 is 16.0 Å². The van der Waals surface area contributed by atoms with E-state index >= 15 is 0 Å². The maximum Gasteiger partial charge on any atom is 0.307 e. The van der Waals surface area contributed by atoms with Gasteiger partial charge in [-0.2, -0.15) is 4.31 Å². The van der Waals surface area contributed by atoms with Gasteiger partial charge in [-0.3, -0.25) is 4.79 Å². The van der Waals surface area contributed by atoms with Crippen molar-refractivity contribution in [3.63, 3.8) is 0 Å². The zero-order chi connectivity index (χ0) is 16.2. The van der Waals surface area contributed by atoms with Crippen LogP contribution in [0.5, 0.6) is 0 Å². The fourth-order valence-corrected chi connectivity index (χ4v) is 3.72. The number of ether oxygens (including phenoxy) is 1. The Morgan fingerprint density at radius 2 is 1.91 bits per heavy atom. The van der Waals surface area contributed by atoms with Gasteiger partial charge in [-0.15, -0.1) is 0 Å². The number of rotatable bonds is 8. The Kier molecular flexibility index (Phi) is 5.58. The van der Waals surface area contributed by atoms with Gasteiger partial charge in [0.15, 0.2) is 0 Å². The first-order valence-electron chi connectivity index (χ1n) is 7.66. The van der Waals surface area contributed by atoms with E-state index in [4.69, 9.17) is 4.74 Å². The summed E-state index contributed by atoms with van der Waals surface area (Å²) in [5, 5.41) is 0. The van der Waals surface area contributed by atoms with Gasteiger partial charge in [0.05, 0.1) is 17.9 Å². The van der Waals surface area contributed by atoms with Gasteiger partial charge >= 0.3 is 5.97 Å². The number of nitrogens with zero attached hydrogens (tertiary/aromatic N) is 1. The fourth-order valence-electron chi connectivity index (χ4n) is 2.21. The molecule has 1 aromatic rings. The number of hydrogen-bond donors (Lipinski definition) is 0. The van der Waals surface area contributed by atoms with Crippen LogP contribution in [0.3, 0.4) is 0 Å². The number of hydrogen-bond acceptors (Lipinski definition) is 4. The second-order valence-corrected chi connectivity index (χ2v) is 7.61. The Morgan fingerprint density at radius 3 is 2.45 bits per heavy atom. The summed E-state index contributed by atoms with van der Waals surface area (Å²) < 4.78 is 31.8. The minimum Gasteiger partial charge on any atom is -0.466 e. The molecule has 0 unspecified atom stereocenters. The lowest BCUT2D eigenvalue weighted by Crippen LogP contribution is -2.35. The lowest BCUT2D eigenvalue weighted by atomic mass is 10.2. The Bertz CT molecular complexity index is 606. The third-order valence-corrected chi connectivity index (χ3v) is 5.57. The van der Waals surface area contributed by atoms with Gasteiger partial charge in [-0.25, -0.2) is 8.42 Å². The van der Waals surface area contributed by atoms with Crippen LogP contribution in [0.4, 0.5) is 0 Å². The van der Waals surface area contributed by atoms with Crippen molar-refractivity contribution < 1.29 is 17.9 Å². The molecule has 1 aliphatic rings. The third-order valence-electron chi connectivity index (χ3n) is 3.69. The molecule has 0 aliphatic heterocycles. The minimum absolute atomic E-state index is 0.0889. The maximum absolute atomic E-state index is 12.8. The normalized spacial score (nSPS) is 15.0. The summed E-state index contributed by atoms with van der Waals surface area (Å²) in [6.07, 6.45) is 2.20. The summed E-state index contributed by atoms with van der Waals surface area (Å²) >= 11 is 0. The lowest BCUT2D eigenvalue weighted by Gasteiger charge is -2.22. The van der Waals surface area contributed by atoms with Gasteiger partial charge in [0, 0.05) is 13.1 Å². The number of sulfonamides is 1. The van der Waals surface area contributed by atoms with Crippen molar-refractivity contribution in [1.82, 2.24) is 4.31 Å². The molecular weight excluding hydrogens is 302 g/mol. The highest BCUT2D eigenvalue weighted by Gasteiger charge is 2.31. The van der Waals surface area contributed by atoms with Crippen LogP contribution in [0, 0.1) is 12.8 Å². The second-order valence-electron chi connectivity index (χ2n) is 5.67. The van der Waals surface area contributed by atoms with Crippen molar-refractivity contribution in [3.05, 3.63) is 29.8 Å². The molecule has 22 heavy (non-hydrogen) atoms. The van der Waals surface area contributed by atoms with E-state index in [1.54, 1.807) is 31.2 Å². The summed E-state index contributed by atoms with van der Waals surface area (Å²) in [5.74, 6) is 0.0600. The van der Waals surface area contributed by atoms with Crippen LogP contribution >= 0.6 is 0 Å². The van der Waals surface area contributed by atoms with Crippen molar-refractivity contribution in [2.24, 2.45) is 5.92 Å². The molecule has 5 nitrogen and oxygen atoms in total. The number of benzene rings is 1. The topological polar surface area (TPSA) is 63.7 Å². The standard InChI is InChI=1S/C16H23NO4S/c1-3-21-16(18)10-11-17(12-14-6-7-14)22(19,20)15-8-4-13(2)5-9-15/h4-5,8-9,14H,3,6-7,10-12H2,1-2H3. The predicted octanol–water partition coefficient (Wildman–Crippen LogP) is 2.35. The van der Waals surface area contributed by atoms with E-state index in [1.165, 1.54) is 4.31 Å². The molecule has 0 saturated heterocycles. The Morgan fingerprint density at radius 1 is 1.27 bits per heavy atom. The molecule has 1 saturated carbocycles. The molecule has 122 valence electrons. The molecule has 0 heterocycles. The smallest absolute Gasteiger partial charge is 0.307 e. The summed E-state index contributed by atoms with van der Waals surface area (Å²) in [5.41, 5.74) is 1.01. The van der Waals surface area contributed by atoms with Crippen molar-refractivity contribution in [2.45, 2.75) is 38.0 Å². The molecule has 1 aliphatic carbocycles. The zero-order valence-electron chi connectivity index (χ0n) is 13.1. The Balaban J connectivity index is 2.12. The minimum atomic E-state index is -3.56. The SMILES string of the molecule is CCOC(=O)CCN(CC1CC1)S(=O)(=O)c1ccc(C)cc1. The summed E-state index contributed by atoms with van der Waals surface area (Å²) in [6.45, 7) is 4.62. The molecule has 0 radical (unpaired) electrons. The first-order valence-corrected chi connectivity index (χ1v) is 9.10. The molecule has 6 heteroatoms. The van der Waals surface area contributed by atoms with Gasteiger partial charge < -0.3 is 4.74 Å². The molecule has 0 atom stereocenters. The fraction of sp³-hybridized carbons (Fsp3) is 0.562. The molecule has 0 amide bonds. The van der Waals surface area contributed by atoms with Crippen LogP contribution in [-0.2, 0) is 19.6 Å². The van der Waals surface area contributed by atoms with E-state index in [9.17, 15) is 13.2 Å². The number of aryl methyl sites for hydroxylation is 1. The molecule has 0 spiro atoms. The van der Waals surface area contributed by atoms with Gasteiger partial charge in [0.25, 0.3) is 0 Å². The Hall–Kier alpha value is -1.40. The van der Waals surface area contributed by atoms with E-state index in [2.05, 4.69) is 0 Å². The second kappa shape index (κ2) is 7.24. The van der Waals surface area contributed by atoms with E-state index in [-0.39, 0.29) is 23.8 Å². The van der Waals surface area contributed by atoms with Crippen LogP contribution in [0.25, 0.3) is 0 Å². The maximum atomic E-state index is 12.8. The van der Waals surface area contributed by atoms with E-state index in [1.807, 2.05) is 6.92 Å². The molecule has 1 aromatic carbocycles. The molecule has 0 aromatic heterocycles. The lowest BCUT2D eigenvalue weighted by molar-refractivity contribution is -0.143. The van der Waals surface area contributed by atoms with Crippen LogP contribution in [-0.4, -0.2) is 38.4 Å². The monoisotopic (exact) mass is 325 g/mol. The Labute approximate surface area is 132 Å². The number of carbonyl (C=O) groups excluding carboxylic acids is 1. The van der Waals surface area contributed by atoms with Gasteiger partial charge in [0.1, 0.15) is 0 Å². The van der Waals surface area contributed by atoms with Crippen LogP contribution in [0.2, 0.25) is 0 Å². The molecule has 2 rings (SSSR count). The van der Waals surface area contributed by atoms with Gasteiger partial charge in [-0.05, 0) is 44.7 Å². The van der Waals surface area contributed by atoms with E-state index in [0.29, 0.717) is 19.1 Å². The number of esters is 1. The third kappa shape index (κ3) is 4.55. The van der Waals surface area contributed by atoms with Crippen molar-refractivity contribution in [1.29, 1.82) is 0 Å². The summed E-state index contributed by atoms with van der Waals surface area (Å²) in [6, 6.07) is 6.81. The van der Waals surface area contributed by atoms with E-state index < -0.39 is 10.0 Å². The van der Waals surface area contributed by atoms with Crippen LogP contribution < -0.4 is 0 Å². The van der Waals surface area contributed by atoms with Crippen LogP contribution in [0.15, 0.2) is 29.2 Å². The predicted molar refractivity (Wildman–Crippen MR) is 83.9 cm³/mol. The summed E-state index contributed by atoms with van der Waals surface area (Å²) in [4.78, 5) is 11.8. The highest BCUT2D eigenvalue weighted by atomic mass is 32.2. The first kappa shape index (κ1) is 17.0. The molecule has 0 bridgehead atoms. The quantitative estimate of drug-likeness (QED) is 0.688. The highest BCUT2D eigenvalue weighted by Crippen LogP contribution is 2.31. The van der Waals surface area contributed by atoms with Crippen LogP contribution in [0.1, 0.15) is 31.7 Å². The first-order chi connectivity index (χ1) is 10.4. The van der Waals surface area contributed by atoms with E-state index in [0.717, 1.165) is 18.4 Å². The average Bonchev–Trinajstić information content (AvgIpc) is 3.28. The van der Waals surface area contributed by atoms with Crippen molar-refractivity contribution in [2.75, 3.05) is 19.7 Å². The number of carbonyl (C=O) groups is 1. The summed E-state index contributed by atoms with van der Waals surface area (Å²) in [7, 11) is -3.56. The van der Waals surface area contributed by atoms with Crippen molar-refractivity contribution in [3.8, 4) is 0 Å². The molecular formula is C16H23NO4S. The zero-order valence-corrected chi connectivity index (χ0v) is 13.9. The van der Waals surface area contributed by atoms with Gasteiger partial charge in [0.2, 0.25) is 10.0 Å². The average molecular weight is 325 g/mol. The molecule has 0 N–H and O–H groups in total. The largest absolute Gasteiger partial charge is 0.466 e. The van der Waals surface area contributed by atoms with Gasteiger partial charge in [-0.1, -0.05) is 17.7 Å². The molecule has 1 fully saturated rings.